The molecule has 2 aromatic rings. The second-order valence-electron chi connectivity index (χ2n) is 4.01. The first-order chi connectivity index (χ1) is 9.20. The molecule has 0 aliphatic carbocycles. The molecule has 2 rings (SSSR count). The first-order valence-electron chi connectivity index (χ1n) is 5.92. The largest absolute Gasteiger partial charge is 0.492 e. The highest BCUT2D eigenvalue weighted by Gasteiger charge is 2.03. The molecular formula is C13H16N4O2. The summed E-state index contributed by atoms with van der Waals surface area (Å²) in [6, 6.07) is 6.82. The number of ether oxygens (including phenoxy) is 1. The number of nitrogen functional groups attached to an aromatic ring is 1. The van der Waals surface area contributed by atoms with Gasteiger partial charge in [-0.1, -0.05) is 0 Å². The fourth-order valence-corrected chi connectivity index (χ4v) is 1.69. The lowest BCUT2D eigenvalue weighted by Gasteiger charge is -2.08. The summed E-state index contributed by atoms with van der Waals surface area (Å²) < 4.78 is 7.60. The smallest absolute Gasteiger partial charge is 0.265 e. The van der Waals surface area contributed by atoms with E-state index in [1.54, 1.807) is 30.5 Å². The van der Waals surface area contributed by atoms with Crippen molar-refractivity contribution in [1.82, 2.24) is 15.0 Å². The van der Waals surface area contributed by atoms with Crippen molar-refractivity contribution in [2.45, 2.75) is 13.5 Å². The summed E-state index contributed by atoms with van der Waals surface area (Å²) in [5.74, 6) is 6.40. The highest BCUT2D eigenvalue weighted by Crippen LogP contribution is 2.12. The lowest BCUT2D eigenvalue weighted by molar-refractivity contribution is 0.0953. The summed E-state index contributed by atoms with van der Waals surface area (Å²) in [4.78, 5) is 15.4. The standard InChI is InChI=1S/C13H16N4O2/c1-10-15-6-7-17(10)8-9-19-12-4-2-11(3-5-12)13(18)16-14/h2-7H,8-9,14H2,1H3,(H,16,18). The van der Waals surface area contributed by atoms with E-state index in [-0.39, 0.29) is 5.91 Å². The fourth-order valence-electron chi connectivity index (χ4n) is 1.69. The minimum Gasteiger partial charge on any atom is -0.492 e. The minimum absolute atomic E-state index is 0.319. The molecule has 6 nitrogen and oxygen atoms in total. The average molecular weight is 260 g/mol. The molecule has 0 atom stereocenters. The molecule has 0 saturated heterocycles. The van der Waals surface area contributed by atoms with E-state index >= 15 is 0 Å². The molecule has 100 valence electrons. The van der Waals surface area contributed by atoms with Gasteiger partial charge in [-0.15, -0.1) is 0 Å². The predicted octanol–water partition coefficient (Wildman–Crippen LogP) is 0.874. The lowest BCUT2D eigenvalue weighted by atomic mass is 10.2. The van der Waals surface area contributed by atoms with Crippen molar-refractivity contribution in [3.63, 3.8) is 0 Å². The van der Waals surface area contributed by atoms with Gasteiger partial charge >= 0.3 is 0 Å². The van der Waals surface area contributed by atoms with Crippen molar-refractivity contribution < 1.29 is 9.53 Å². The third-order valence-electron chi connectivity index (χ3n) is 2.77. The molecule has 0 bridgehead atoms. The number of nitrogens with one attached hydrogen (secondary N) is 1. The molecule has 0 fully saturated rings. The number of aromatic nitrogens is 2. The quantitative estimate of drug-likeness (QED) is 0.475. The number of rotatable bonds is 5. The number of carbonyl (C=O) groups excluding carboxylic acids is 1. The Morgan fingerprint density at radius 1 is 1.42 bits per heavy atom. The number of nitrogens with zero attached hydrogens (tertiary/aromatic N) is 2. The van der Waals surface area contributed by atoms with Crippen LogP contribution < -0.4 is 16.0 Å². The van der Waals surface area contributed by atoms with Gasteiger partial charge in [-0.3, -0.25) is 10.2 Å². The Bertz CT molecular complexity index is 548. The van der Waals surface area contributed by atoms with E-state index in [9.17, 15) is 4.79 Å². The zero-order chi connectivity index (χ0) is 13.7. The maximum atomic E-state index is 11.2. The van der Waals surface area contributed by atoms with E-state index in [4.69, 9.17) is 10.6 Å². The molecule has 0 radical (unpaired) electrons. The van der Waals surface area contributed by atoms with Gasteiger partial charge < -0.3 is 9.30 Å². The van der Waals surface area contributed by atoms with Crippen LogP contribution >= 0.6 is 0 Å². The van der Waals surface area contributed by atoms with Gasteiger partial charge in [0.1, 0.15) is 18.2 Å². The number of benzene rings is 1. The van der Waals surface area contributed by atoms with Crippen LogP contribution in [0.4, 0.5) is 0 Å². The Labute approximate surface area is 111 Å². The normalized spacial score (nSPS) is 10.2. The third-order valence-corrected chi connectivity index (χ3v) is 2.77. The molecule has 1 heterocycles. The van der Waals surface area contributed by atoms with Crippen LogP contribution in [0.15, 0.2) is 36.7 Å². The maximum absolute atomic E-state index is 11.2. The molecule has 0 spiro atoms. The Kier molecular flexibility index (Phi) is 4.15. The summed E-state index contributed by atoms with van der Waals surface area (Å²) in [6.45, 7) is 3.22. The first kappa shape index (κ1) is 13.1. The number of nitrogens with two attached hydrogens (primary N) is 1. The van der Waals surface area contributed by atoms with Gasteiger partial charge in [-0.2, -0.15) is 0 Å². The molecule has 0 saturated carbocycles. The van der Waals surface area contributed by atoms with E-state index in [1.807, 2.05) is 17.7 Å². The third kappa shape index (κ3) is 3.32. The molecule has 6 heteroatoms. The molecule has 3 N–H and O–H groups in total. The molecular weight excluding hydrogens is 244 g/mol. The maximum Gasteiger partial charge on any atom is 0.265 e. The number of hydrazine groups is 1. The highest BCUT2D eigenvalue weighted by atomic mass is 16.5. The van der Waals surface area contributed by atoms with Gasteiger partial charge in [0.2, 0.25) is 0 Å². The van der Waals surface area contributed by atoms with Crippen LogP contribution in [0.2, 0.25) is 0 Å². The number of aryl methyl sites for hydroxylation is 1. The van der Waals surface area contributed by atoms with E-state index in [1.165, 1.54) is 0 Å². The van der Waals surface area contributed by atoms with Crippen molar-refractivity contribution in [1.29, 1.82) is 0 Å². The average Bonchev–Trinajstić information content (AvgIpc) is 2.84. The Balaban J connectivity index is 1.86. The number of hydrogen-bond acceptors (Lipinski definition) is 4. The van der Waals surface area contributed by atoms with Crippen molar-refractivity contribution in [2.24, 2.45) is 5.84 Å². The molecule has 1 amide bonds. The summed E-state index contributed by atoms with van der Waals surface area (Å²) in [5, 5.41) is 0. The van der Waals surface area contributed by atoms with Crippen molar-refractivity contribution >= 4 is 5.91 Å². The molecule has 0 aliphatic heterocycles. The van der Waals surface area contributed by atoms with Crippen LogP contribution in [-0.2, 0) is 6.54 Å². The van der Waals surface area contributed by atoms with Gasteiger partial charge in [0.25, 0.3) is 5.91 Å². The summed E-state index contributed by atoms with van der Waals surface area (Å²) in [5.41, 5.74) is 2.58. The van der Waals surface area contributed by atoms with Crippen LogP contribution in [0.1, 0.15) is 16.2 Å². The molecule has 0 aliphatic rings. The Morgan fingerprint density at radius 2 is 2.16 bits per heavy atom. The van der Waals surface area contributed by atoms with E-state index in [0.29, 0.717) is 17.9 Å². The van der Waals surface area contributed by atoms with Crippen molar-refractivity contribution in [2.75, 3.05) is 6.61 Å². The zero-order valence-electron chi connectivity index (χ0n) is 10.7. The zero-order valence-corrected chi connectivity index (χ0v) is 10.7. The van der Waals surface area contributed by atoms with Crippen LogP contribution in [0, 0.1) is 6.92 Å². The SMILES string of the molecule is Cc1nccn1CCOc1ccc(C(=O)NN)cc1. The molecule has 1 aromatic carbocycles. The van der Waals surface area contributed by atoms with Gasteiger partial charge in [-0.25, -0.2) is 10.8 Å². The molecule has 1 aromatic heterocycles. The van der Waals surface area contributed by atoms with Crippen LogP contribution in [0.3, 0.4) is 0 Å². The second-order valence-corrected chi connectivity index (χ2v) is 4.01. The van der Waals surface area contributed by atoms with E-state index < -0.39 is 0 Å². The van der Waals surface area contributed by atoms with Gasteiger partial charge in [-0.05, 0) is 31.2 Å². The van der Waals surface area contributed by atoms with Crippen molar-refractivity contribution in [3.05, 3.63) is 48.0 Å². The topological polar surface area (TPSA) is 82.2 Å². The first-order valence-corrected chi connectivity index (χ1v) is 5.92. The predicted molar refractivity (Wildman–Crippen MR) is 70.6 cm³/mol. The van der Waals surface area contributed by atoms with Gasteiger partial charge in [0.05, 0.1) is 6.54 Å². The molecule has 19 heavy (non-hydrogen) atoms. The van der Waals surface area contributed by atoms with Crippen LogP contribution in [0.25, 0.3) is 0 Å². The monoisotopic (exact) mass is 260 g/mol. The number of imidazole rings is 1. The number of hydrogen-bond donors (Lipinski definition) is 2. The Morgan fingerprint density at radius 3 is 2.74 bits per heavy atom. The van der Waals surface area contributed by atoms with E-state index in [0.717, 1.165) is 12.4 Å². The van der Waals surface area contributed by atoms with Crippen LogP contribution in [0.5, 0.6) is 5.75 Å². The van der Waals surface area contributed by atoms with Gasteiger partial charge in [0, 0.05) is 18.0 Å². The number of amides is 1. The molecule has 0 unspecified atom stereocenters. The van der Waals surface area contributed by atoms with Crippen molar-refractivity contribution in [3.8, 4) is 5.75 Å². The fraction of sp³-hybridized carbons (Fsp3) is 0.231. The second kappa shape index (κ2) is 6.01. The summed E-state index contributed by atoms with van der Waals surface area (Å²) in [7, 11) is 0. The number of carbonyl (C=O) groups is 1. The highest BCUT2D eigenvalue weighted by molar-refractivity contribution is 5.93. The van der Waals surface area contributed by atoms with Gasteiger partial charge in [0.15, 0.2) is 0 Å². The van der Waals surface area contributed by atoms with E-state index in [2.05, 4.69) is 10.4 Å². The minimum atomic E-state index is -0.319. The summed E-state index contributed by atoms with van der Waals surface area (Å²) in [6.07, 6.45) is 3.67. The summed E-state index contributed by atoms with van der Waals surface area (Å²) >= 11 is 0. The Hall–Kier alpha value is -2.34. The lowest BCUT2D eigenvalue weighted by Crippen LogP contribution is -2.29. The van der Waals surface area contributed by atoms with Crippen LogP contribution in [-0.4, -0.2) is 22.1 Å².